The maximum Gasteiger partial charge on any atom is 0.338 e. The molecule has 2 aromatic heterocycles. The second-order valence-electron chi connectivity index (χ2n) is 9.54. The molecule has 0 fully saturated rings. The number of allylic oxidation sites excluding steroid dienone is 1. The van der Waals surface area contributed by atoms with Crippen LogP contribution in [0.1, 0.15) is 31.2 Å². The average molecular weight is 620 g/mol. The van der Waals surface area contributed by atoms with Crippen LogP contribution in [0, 0.1) is 0 Å². The van der Waals surface area contributed by atoms with Crippen molar-refractivity contribution in [3.8, 4) is 17.1 Å². The van der Waals surface area contributed by atoms with Gasteiger partial charge in [0.2, 0.25) is 0 Å². The lowest BCUT2D eigenvalue weighted by Crippen LogP contribution is -2.40. The van der Waals surface area contributed by atoms with Crippen LogP contribution in [0.5, 0.6) is 5.75 Å². The van der Waals surface area contributed by atoms with Gasteiger partial charge in [0.15, 0.2) is 4.80 Å². The molecule has 1 aliphatic heterocycles. The number of methoxy groups -OCH3 is 1. The highest BCUT2D eigenvalue weighted by Gasteiger charge is 2.36. The van der Waals surface area contributed by atoms with E-state index >= 15 is 0 Å². The number of esters is 1. The van der Waals surface area contributed by atoms with Crippen molar-refractivity contribution in [1.82, 2.24) is 4.57 Å². The summed E-state index contributed by atoms with van der Waals surface area (Å²) in [7, 11) is 1.57. The Balaban J connectivity index is 1.56. The maximum absolute atomic E-state index is 14.1. The Hall–Kier alpha value is -4.11. The predicted octanol–water partition coefficient (Wildman–Crippen LogP) is 6.53. The molecular weight excluding hydrogens is 595 g/mol. The SMILES string of the molecule is CCOC(=O)C1=C(C)N=c2s/c(=C\c3ccc(-c4ccc(Cl)c(Cl)c4)o3)c(=O)n2C1c1c(OC)ccc2ccccc12. The molecular formula is C32H24Cl2N2O5S. The molecule has 212 valence electrons. The van der Waals surface area contributed by atoms with Gasteiger partial charge in [-0.2, -0.15) is 0 Å². The molecule has 7 nitrogen and oxygen atoms in total. The summed E-state index contributed by atoms with van der Waals surface area (Å²) >= 11 is 13.5. The number of hydrogen-bond donors (Lipinski definition) is 0. The number of hydrogen-bond acceptors (Lipinski definition) is 7. The van der Waals surface area contributed by atoms with Crippen molar-refractivity contribution in [3.05, 3.63) is 119 Å². The number of thiazole rings is 1. The Labute approximate surface area is 254 Å². The third-order valence-electron chi connectivity index (χ3n) is 7.05. The van der Waals surface area contributed by atoms with E-state index < -0.39 is 12.0 Å². The van der Waals surface area contributed by atoms with E-state index in [2.05, 4.69) is 4.99 Å². The van der Waals surface area contributed by atoms with E-state index in [1.807, 2.05) is 42.5 Å². The van der Waals surface area contributed by atoms with Gasteiger partial charge in [0.05, 0.1) is 39.6 Å². The fourth-order valence-corrected chi connectivity index (χ4v) is 6.49. The zero-order valence-corrected chi connectivity index (χ0v) is 25.1. The molecule has 5 aromatic rings. The van der Waals surface area contributed by atoms with Gasteiger partial charge in [0, 0.05) is 17.2 Å². The van der Waals surface area contributed by atoms with Crippen LogP contribution in [0.25, 0.3) is 28.2 Å². The summed E-state index contributed by atoms with van der Waals surface area (Å²) in [6.45, 7) is 3.68. The van der Waals surface area contributed by atoms with Crippen molar-refractivity contribution in [2.45, 2.75) is 19.9 Å². The van der Waals surface area contributed by atoms with Crippen molar-refractivity contribution in [1.29, 1.82) is 0 Å². The highest BCUT2D eigenvalue weighted by Crippen LogP contribution is 2.40. The van der Waals surface area contributed by atoms with Gasteiger partial charge in [-0.1, -0.05) is 64.9 Å². The van der Waals surface area contributed by atoms with Crippen LogP contribution >= 0.6 is 34.5 Å². The molecule has 3 heterocycles. The van der Waals surface area contributed by atoms with Crippen molar-refractivity contribution < 1.29 is 18.7 Å². The number of halogens is 2. The third-order valence-corrected chi connectivity index (χ3v) is 8.77. The molecule has 1 aliphatic rings. The lowest BCUT2D eigenvalue weighted by atomic mass is 9.90. The molecule has 3 aromatic carbocycles. The molecule has 0 N–H and O–H groups in total. The second kappa shape index (κ2) is 11.3. The van der Waals surface area contributed by atoms with Crippen LogP contribution in [0.4, 0.5) is 0 Å². The van der Waals surface area contributed by atoms with Crippen molar-refractivity contribution in [2.24, 2.45) is 4.99 Å². The number of rotatable bonds is 6. The minimum atomic E-state index is -0.827. The lowest BCUT2D eigenvalue weighted by molar-refractivity contribution is -0.139. The molecule has 0 aliphatic carbocycles. The van der Waals surface area contributed by atoms with Crippen LogP contribution in [-0.4, -0.2) is 24.3 Å². The fraction of sp³-hybridized carbons (Fsp3) is 0.156. The van der Waals surface area contributed by atoms with E-state index in [9.17, 15) is 9.59 Å². The van der Waals surface area contributed by atoms with E-state index in [1.54, 1.807) is 55.9 Å². The lowest BCUT2D eigenvalue weighted by Gasteiger charge is -2.27. The predicted molar refractivity (Wildman–Crippen MR) is 165 cm³/mol. The number of ether oxygens (including phenoxy) is 2. The first kappa shape index (κ1) is 28.0. The molecule has 0 saturated carbocycles. The number of fused-ring (bicyclic) bond motifs is 2. The first-order valence-electron chi connectivity index (χ1n) is 13.1. The minimum Gasteiger partial charge on any atom is -0.496 e. The Kier molecular flexibility index (Phi) is 7.53. The van der Waals surface area contributed by atoms with Gasteiger partial charge in [-0.05, 0) is 61.0 Å². The summed E-state index contributed by atoms with van der Waals surface area (Å²) in [5, 5.41) is 2.66. The average Bonchev–Trinajstić information content (AvgIpc) is 3.57. The Bertz CT molecular complexity index is 2090. The van der Waals surface area contributed by atoms with Crippen LogP contribution in [0.3, 0.4) is 0 Å². The van der Waals surface area contributed by atoms with Gasteiger partial charge >= 0.3 is 5.97 Å². The van der Waals surface area contributed by atoms with Crippen molar-refractivity contribution in [3.63, 3.8) is 0 Å². The highest BCUT2D eigenvalue weighted by molar-refractivity contribution is 7.07. The number of carbonyl (C=O) groups excluding carboxylic acids is 1. The topological polar surface area (TPSA) is 83.0 Å². The number of nitrogens with zero attached hydrogens (tertiary/aromatic N) is 2. The Morgan fingerprint density at radius 3 is 2.67 bits per heavy atom. The van der Waals surface area contributed by atoms with Gasteiger partial charge < -0.3 is 13.9 Å². The summed E-state index contributed by atoms with van der Waals surface area (Å²) in [6, 6.07) is 19.6. The molecule has 0 saturated heterocycles. The van der Waals surface area contributed by atoms with E-state index in [4.69, 9.17) is 37.1 Å². The second-order valence-corrected chi connectivity index (χ2v) is 11.4. The largest absolute Gasteiger partial charge is 0.496 e. The van der Waals surface area contributed by atoms with Gasteiger partial charge in [-0.25, -0.2) is 9.79 Å². The van der Waals surface area contributed by atoms with Crippen LogP contribution in [0.2, 0.25) is 10.0 Å². The molecule has 1 unspecified atom stereocenters. The normalized spacial score (nSPS) is 15.1. The molecule has 6 rings (SSSR count). The smallest absolute Gasteiger partial charge is 0.338 e. The molecule has 10 heteroatoms. The number of furan rings is 1. The zero-order valence-electron chi connectivity index (χ0n) is 22.8. The zero-order chi connectivity index (χ0) is 29.5. The summed E-state index contributed by atoms with van der Waals surface area (Å²) < 4.78 is 19.2. The minimum absolute atomic E-state index is 0.180. The molecule has 0 bridgehead atoms. The maximum atomic E-state index is 14.1. The molecule has 0 spiro atoms. The quantitative estimate of drug-likeness (QED) is 0.202. The Morgan fingerprint density at radius 2 is 1.90 bits per heavy atom. The molecule has 0 amide bonds. The monoisotopic (exact) mass is 618 g/mol. The van der Waals surface area contributed by atoms with Crippen LogP contribution < -0.4 is 19.6 Å². The van der Waals surface area contributed by atoms with E-state index in [0.29, 0.717) is 47.9 Å². The summed E-state index contributed by atoms with van der Waals surface area (Å²) in [6.07, 6.45) is 1.67. The number of aromatic nitrogens is 1. The molecule has 42 heavy (non-hydrogen) atoms. The summed E-state index contributed by atoms with van der Waals surface area (Å²) in [5.74, 6) is 1.06. The standard InChI is InChI=1S/C32H24Cl2N2O5S/c1-4-40-31(38)27-17(2)35-32-36(29(27)28-21-8-6-5-7-18(21)10-13-25(28)39-3)30(37)26(42-32)16-20-11-14-24(41-20)19-9-12-22(33)23(34)15-19/h5-16,29H,4H2,1-3H3/b26-16-. The van der Waals surface area contributed by atoms with Gasteiger partial charge in [-0.3, -0.25) is 9.36 Å². The first-order valence-corrected chi connectivity index (χ1v) is 14.7. The van der Waals surface area contributed by atoms with E-state index in [1.165, 1.54) is 11.3 Å². The van der Waals surface area contributed by atoms with Gasteiger partial charge in [0.25, 0.3) is 5.56 Å². The van der Waals surface area contributed by atoms with Crippen LogP contribution in [-0.2, 0) is 9.53 Å². The van der Waals surface area contributed by atoms with E-state index in [0.717, 1.165) is 16.3 Å². The molecule has 1 atom stereocenters. The molecule has 0 radical (unpaired) electrons. The van der Waals surface area contributed by atoms with E-state index in [-0.39, 0.29) is 17.7 Å². The van der Waals surface area contributed by atoms with Crippen molar-refractivity contribution in [2.75, 3.05) is 13.7 Å². The van der Waals surface area contributed by atoms with Crippen LogP contribution in [0.15, 0.2) is 92.2 Å². The highest BCUT2D eigenvalue weighted by atomic mass is 35.5. The number of carbonyl (C=O) groups is 1. The van der Waals surface area contributed by atoms with Crippen molar-refractivity contribution >= 4 is 57.4 Å². The van der Waals surface area contributed by atoms with Gasteiger partial charge in [-0.15, -0.1) is 0 Å². The summed E-state index contributed by atoms with van der Waals surface area (Å²) in [5.41, 5.74) is 1.87. The first-order chi connectivity index (χ1) is 20.3. The fourth-order valence-electron chi connectivity index (χ4n) is 5.16. The van der Waals surface area contributed by atoms with Gasteiger partial charge in [0.1, 0.15) is 23.3 Å². The Morgan fingerprint density at radius 1 is 1.10 bits per heavy atom. The third kappa shape index (κ3) is 4.85. The summed E-state index contributed by atoms with van der Waals surface area (Å²) in [4.78, 5) is 32.6. The number of benzene rings is 3.